The zero-order valence-electron chi connectivity index (χ0n) is 19.9. The molecule has 2 amide bonds. The van der Waals surface area contributed by atoms with Crippen LogP contribution < -0.4 is 20.3 Å². The summed E-state index contributed by atoms with van der Waals surface area (Å²) in [6.07, 6.45) is 7.23. The molecule has 3 aromatic rings. The van der Waals surface area contributed by atoms with Gasteiger partial charge in [-0.1, -0.05) is 0 Å². The smallest absolute Gasteiger partial charge is 0.290 e. The average molecular weight is 506 g/mol. The molecule has 0 saturated carbocycles. The fraction of sp³-hybridized carbons (Fsp3) is 0.320. The van der Waals surface area contributed by atoms with Gasteiger partial charge in [0.15, 0.2) is 0 Å². The molecule has 0 radical (unpaired) electrons. The highest BCUT2D eigenvalue weighted by molar-refractivity contribution is 8.18. The molecule has 0 spiro atoms. The van der Waals surface area contributed by atoms with Crippen LogP contribution in [0.3, 0.4) is 0 Å². The van der Waals surface area contributed by atoms with Crippen molar-refractivity contribution in [2.75, 3.05) is 31.6 Å². The topological polar surface area (TPSA) is 125 Å². The molecule has 0 bridgehead atoms. The first-order valence-electron chi connectivity index (χ1n) is 11.8. The Morgan fingerprint density at radius 1 is 1.19 bits per heavy atom. The fourth-order valence-electron chi connectivity index (χ4n) is 4.32. The van der Waals surface area contributed by atoms with Crippen LogP contribution in [0.2, 0.25) is 0 Å². The van der Waals surface area contributed by atoms with Gasteiger partial charge in [-0.2, -0.15) is 0 Å². The molecule has 2 aliphatic heterocycles. The molecule has 5 heterocycles. The second-order valence-corrected chi connectivity index (χ2v) is 9.64. The van der Waals surface area contributed by atoms with Gasteiger partial charge in [-0.3, -0.25) is 14.9 Å². The van der Waals surface area contributed by atoms with Gasteiger partial charge in [0.1, 0.15) is 5.75 Å². The van der Waals surface area contributed by atoms with Crippen molar-refractivity contribution >= 4 is 34.9 Å². The number of carbonyl (C=O) groups is 2. The van der Waals surface area contributed by atoms with Crippen molar-refractivity contribution in [3.05, 3.63) is 59.0 Å². The molecule has 3 N–H and O–H groups in total. The van der Waals surface area contributed by atoms with Crippen molar-refractivity contribution in [1.82, 2.24) is 30.6 Å². The number of anilines is 1. The number of imide groups is 1. The maximum Gasteiger partial charge on any atom is 0.290 e. The van der Waals surface area contributed by atoms with E-state index in [0.29, 0.717) is 29.0 Å². The van der Waals surface area contributed by atoms with E-state index in [1.165, 1.54) is 0 Å². The predicted octanol–water partition coefficient (Wildman–Crippen LogP) is 3.21. The Balaban J connectivity index is 1.14. The van der Waals surface area contributed by atoms with E-state index in [4.69, 9.17) is 9.72 Å². The lowest BCUT2D eigenvalue weighted by Gasteiger charge is -2.32. The molecule has 11 heteroatoms. The molecule has 3 aromatic heterocycles. The van der Waals surface area contributed by atoms with E-state index < -0.39 is 0 Å². The van der Waals surface area contributed by atoms with Gasteiger partial charge in [0.05, 0.1) is 34.8 Å². The molecule has 186 valence electrons. The molecule has 2 aliphatic rings. The molecule has 0 unspecified atom stereocenters. The van der Waals surface area contributed by atoms with E-state index in [2.05, 4.69) is 30.5 Å². The number of aromatic nitrogens is 4. The van der Waals surface area contributed by atoms with Gasteiger partial charge in [0.25, 0.3) is 11.1 Å². The fourth-order valence-corrected chi connectivity index (χ4v) is 4.99. The van der Waals surface area contributed by atoms with Gasteiger partial charge >= 0.3 is 0 Å². The molecule has 2 fully saturated rings. The van der Waals surface area contributed by atoms with Gasteiger partial charge in [-0.05, 0) is 73.5 Å². The number of hydrogen-bond acceptors (Lipinski definition) is 9. The van der Waals surface area contributed by atoms with E-state index in [0.717, 1.165) is 67.1 Å². The highest BCUT2D eigenvalue weighted by atomic mass is 32.2. The van der Waals surface area contributed by atoms with Gasteiger partial charge in [0, 0.05) is 32.0 Å². The maximum atomic E-state index is 11.8. The summed E-state index contributed by atoms with van der Waals surface area (Å²) in [6, 6.07) is 9.61. The quantitative estimate of drug-likeness (QED) is 0.396. The minimum atomic E-state index is -0.387. The molecular weight excluding hydrogens is 478 g/mol. The normalized spacial score (nSPS) is 17.6. The Morgan fingerprint density at radius 2 is 2.06 bits per heavy atom. The van der Waals surface area contributed by atoms with Crippen LogP contribution in [0.1, 0.15) is 24.2 Å². The van der Waals surface area contributed by atoms with Gasteiger partial charge in [-0.15, -0.1) is 0 Å². The second kappa shape index (κ2) is 10.9. The van der Waals surface area contributed by atoms with E-state index in [1.54, 1.807) is 25.4 Å². The van der Waals surface area contributed by atoms with Crippen LogP contribution in [0.15, 0.2) is 47.6 Å². The molecule has 2 saturated heterocycles. The number of H-pyrrole nitrogens is 1. The van der Waals surface area contributed by atoms with Crippen molar-refractivity contribution in [3.63, 3.8) is 0 Å². The minimum absolute atomic E-state index is 0.346. The zero-order chi connectivity index (χ0) is 24.9. The summed E-state index contributed by atoms with van der Waals surface area (Å²) < 4.78 is 5.51. The van der Waals surface area contributed by atoms with E-state index in [9.17, 15) is 9.59 Å². The summed E-state index contributed by atoms with van der Waals surface area (Å²) in [4.78, 5) is 42.7. The van der Waals surface area contributed by atoms with Crippen molar-refractivity contribution in [2.24, 2.45) is 5.92 Å². The number of methoxy groups -OCH3 is 1. The third kappa shape index (κ3) is 5.58. The lowest BCUT2D eigenvalue weighted by molar-refractivity contribution is -0.115. The average Bonchev–Trinajstić information content (AvgIpc) is 3.54. The Hall–Kier alpha value is -3.70. The third-order valence-corrected chi connectivity index (χ3v) is 7.05. The number of nitrogens with zero attached hydrogens (tertiary/aromatic N) is 4. The van der Waals surface area contributed by atoms with Crippen LogP contribution in [-0.2, 0) is 11.3 Å². The SMILES string of the molecule is COc1ccc(-c2ccc[nH]2)nc1CNCC1CCN(c2nccc(/C=C3/SC(=O)NC3=O)n2)CC1. The Labute approximate surface area is 213 Å². The van der Waals surface area contributed by atoms with E-state index in [-0.39, 0.29) is 11.1 Å². The molecule has 5 rings (SSSR count). The predicted molar refractivity (Wildman–Crippen MR) is 138 cm³/mol. The number of ether oxygens (including phenoxy) is 1. The Bertz CT molecular complexity index is 1270. The van der Waals surface area contributed by atoms with Crippen molar-refractivity contribution in [3.8, 4) is 17.1 Å². The summed E-state index contributed by atoms with van der Waals surface area (Å²) >= 11 is 0.885. The Kier molecular flexibility index (Phi) is 7.28. The van der Waals surface area contributed by atoms with Gasteiger partial charge in [0.2, 0.25) is 5.95 Å². The monoisotopic (exact) mass is 505 g/mol. The van der Waals surface area contributed by atoms with Crippen molar-refractivity contribution in [1.29, 1.82) is 0 Å². The molecule has 10 nitrogen and oxygen atoms in total. The van der Waals surface area contributed by atoms with Crippen LogP contribution in [0.4, 0.5) is 10.7 Å². The number of thioether (sulfide) groups is 1. The van der Waals surface area contributed by atoms with E-state index in [1.807, 2.05) is 30.5 Å². The van der Waals surface area contributed by atoms with Crippen LogP contribution in [0.25, 0.3) is 17.5 Å². The summed E-state index contributed by atoms with van der Waals surface area (Å²) in [7, 11) is 1.67. The number of piperidine rings is 1. The number of amides is 2. The van der Waals surface area contributed by atoms with Crippen molar-refractivity contribution in [2.45, 2.75) is 19.4 Å². The summed E-state index contributed by atoms with van der Waals surface area (Å²) in [5.74, 6) is 1.56. The number of hydrogen-bond donors (Lipinski definition) is 3. The number of nitrogens with one attached hydrogen (secondary N) is 3. The number of pyridine rings is 1. The minimum Gasteiger partial charge on any atom is -0.495 e. The largest absolute Gasteiger partial charge is 0.495 e. The lowest BCUT2D eigenvalue weighted by atomic mass is 9.97. The van der Waals surface area contributed by atoms with Crippen LogP contribution in [0.5, 0.6) is 5.75 Å². The molecule has 36 heavy (non-hydrogen) atoms. The standard InChI is InChI=1S/C25H27N7O3S/c1-35-21-5-4-19(18-3-2-9-27-18)30-20(21)15-26-14-16-7-11-32(12-8-16)24-28-10-6-17(29-24)13-22-23(33)31-25(34)36-22/h2-6,9-10,13,16,26-27H,7-8,11-12,14-15H2,1H3,(H,31,33,34)/b22-13+. The summed E-state index contributed by atoms with van der Waals surface area (Å²) in [5.41, 5.74) is 3.37. The molecule has 0 aliphatic carbocycles. The van der Waals surface area contributed by atoms with Crippen LogP contribution in [-0.4, -0.2) is 57.8 Å². The first-order valence-corrected chi connectivity index (χ1v) is 12.6. The number of aromatic amines is 1. The lowest BCUT2D eigenvalue weighted by Crippen LogP contribution is -2.38. The van der Waals surface area contributed by atoms with Gasteiger partial charge < -0.3 is 19.9 Å². The van der Waals surface area contributed by atoms with Crippen LogP contribution >= 0.6 is 11.8 Å². The number of carbonyl (C=O) groups excluding carboxylic acids is 2. The summed E-state index contributed by atoms with van der Waals surface area (Å²) in [5, 5.41) is 5.45. The first-order chi connectivity index (χ1) is 17.6. The molecular formula is C25H27N7O3S. The first kappa shape index (κ1) is 24.0. The highest BCUT2D eigenvalue weighted by Crippen LogP contribution is 2.26. The second-order valence-electron chi connectivity index (χ2n) is 8.62. The molecule has 0 atom stereocenters. The van der Waals surface area contributed by atoms with Gasteiger partial charge in [-0.25, -0.2) is 15.0 Å². The van der Waals surface area contributed by atoms with E-state index >= 15 is 0 Å². The Morgan fingerprint density at radius 3 is 2.78 bits per heavy atom. The zero-order valence-corrected chi connectivity index (χ0v) is 20.7. The molecule has 0 aromatic carbocycles. The maximum absolute atomic E-state index is 11.8. The number of rotatable bonds is 8. The highest BCUT2D eigenvalue weighted by Gasteiger charge is 2.26. The van der Waals surface area contributed by atoms with Crippen molar-refractivity contribution < 1.29 is 14.3 Å². The summed E-state index contributed by atoms with van der Waals surface area (Å²) in [6.45, 7) is 3.22. The third-order valence-electron chi connectivity index (χ3n) is 6.23. The van der Waals surface area contributed by atoms with Crippen LogP contribution in [0, 0.1) is 5.92 Å².